The van der Waals surface area contributed by atoms with Gasteiger partial charge in [0.05, 0.1) is 5.56 Å². The fourth-order valence-electron chi connectivity index (χ4n) is 2.94. The number of aromatic nitrogens is 2. The smallest absolute Gasteiger partial charge is 0.338 e. The van der Waals surface area contributed by atoms with Gasteiger partial charge in [-0.2, -0.15) is 0 Å². The highest BCUT2D eigenvalue weighted by Crippen LogP contribution is 2.24. The summed E-state index contributed by atoms with van der Waals surface area (Å²) in [5, 5.41) is 8.13. The van der Waals surface area contributed by atoms with Crippen molar-refractivity contribution in [2.24, 2.45) is 0 Å². The van der Waals surface area contributed by atoms with Crippen molar-refractivity contribution in [3.05, 3.63) is 96.1 Å². The first-order valence-corrected chi connectivity index (χ1v) is 9.41. The molecular weight excluding hydrogens is 380 g/mol. The van der Waals surface area contributed by atoms with Crippen LogP contribution in [0.5, 0.6) is 0 Å². The average Bonchev–Trinajstić information content (AvgIpc) is 3.30. The van der Waals surface area contributed by atoms with Gasteiger partial charge in [0.2, 0.25) is 17.6 Å². The van der Waals surface area contributed by atoms with Crippen LogP contribution in [0, 0.1) is 0 Å². The number of ketones is 1. The van der Waals surface area contributed by atoms with E-state index < -0.39 is 12.1 Å². The Kier molecular flexibility index (Phi) is 5.48. The summed E-state index contributed by atoms with van der Waals surface area (Å²) in [4.78, 5) is 25.0. The van der Waals surface area contributed by atoms with Crippen LogP contribution in [0.2, 0.25) is 0 Å². The number of carbonyl (C=O) groups excluding carboxylic acids is 2. The molecular formula is C24H18N2O4. The van der Waals surface area contributed by atoms with E-state index in [1.807, 2.05) is 36.4 Å². The predicted molar refractivity (Wildman–Crippen MR) is 111 cm³/mol. The normalized spacial score (nSPS) is 11.6. The number of hydrogen-bond acceptors (Lipinski definition) is 6. The van der Waals surface area contributed by atoms with Crippen molar-refractivity contribution >= 4 is 11.8 Å². The number of esters is 1. The van der Waals surface area contributed by atoms with Gasteiger partial charge in [-0.1, -0.05) is 54.6 Å². The van der Waals surface area contributed by atoms with Crippen molar-refractivity contribution in [3.63, 3.8) is 0 Å². The maximum atomic E-state index is 12.6. The number of hydrogen-bond donors (Lipinski definition) is 0. The van der Waals surface area contributed by atoms with Crippen LogP contribution >= 0.6 is 0 Å². The summed E-state index contributed by atoms with van der Waals surface area (Å²) in [5.74, 6) is -0.182. The van der Waals surface area contributed by atoms with E-state index in [-0.39, 0.29) is 11.7 Å². The van der Waals surface area contributed by atoms with E-state index in [9.17, 15) is 9.59 Å². The molecule has 3 aromatic carbocycles. The van der Waals surface area contributed by atoms with Gasteiger partial charge in [0.1, 0.15) is 0 Å². The molecule has 0 fully saturated rings. The first kappa shape index (κ1) is 19.3. The van der Waals surface area contributed by atoms with Crippen molar-refractivity contribution in [1.82, 2.24) is 10.2 Å². The highest BCUT2D eigenvalue weighted by atomic mass is 16.5. The van der Waals surface area contributed by atoms with E-state index in [0.29, 0.717) is 22.6 Å². The SMILES string of the molecule is CC(OC(=O)c1cccc(-c2nnc(-c3ccccc3)o2)c1)C(=O)c1ccccc1. The van der Waals surface area contributed by atoms with Crippen LogP contribution in [0.15, 0.2) is 89.3 Å². The molecule has 0 amide bonds. The Morgan fingerprint density at radius 3 is 2.03 bits per heavy atom. The number of rotatable bonds is 6. The third-order valence-corrected chi connectivity index (χ3v) is 4.50. The van der Waals surface area contributed by atoms with E-state index in [4.69, 9.17) is 9.15 Å². The molecule has 4 aromatic rings. The molecule has 0 saturated carbocycles. The van der Waals surface area contributed by atoms with Gasteiger partial charge in [0.15, 0.2) is 6.10 Å². The van der Waals surface area contributed by atoms with Gasteiger partial charge in [0.25, 0.3) is 0 Å². The maximum Gasteiger partial charge on any atom is 0.338 e. The number of ether oxygens (including phenoxy) is 1. The molecule has 0 spiro atoms. The zero-order valence-electron chi connectivity index (χ0n) is 16.2. The van der Waals surface area contributed by atoms with Crippen molar-refractivity contribution in [1.29, 1.82) is 0 Å². The summed E-state index contributed by atoms with van der Waals surface area (Å²) >= 11 is 0. The third-order valence-electron chi connectivity index (χ3n) is 4.50. The van der Waals surface area contributed by atoms with Crippen LogP contribution in [0.4, 0.5) is 0 Å². The molecule has 0 radical (unpaired) electrons. The first-order valence-electron chi connectivity index (χ1n) is 9.41. The standard InChI is InChI=1S/C24H18N2O4/c1-16(21(27)17-9-4-2-5-10-17)29-24(28)20-14-8-13-19(15-20)23-26-25-22(30-23)18-11-6-3-7-12-18/h2-16H,1H3. The number of carbonyl (C=O) groups is 2. The van der Waals surface area contributed by atoms with Gasteiger partial charge in [-0.25, -0.2) is 4.79 Å². The molecule has 0 N–H and O–H groups in total. The van der Waals surface area contributed by atoms with E-state index in [1.54, 1.807) is 55.5 Å². The monoisotopic (exact) mass is 398 g/mol. The second-order valence-corrected chi connectivity index (χ2v) is 6.64. The predicted octanol–water partition coefficient (Wildman–Crippen LogP) is 4.83. The molecule has 1 heterocycles. The first-order chi connectivity index (χ1) is 14.6. The number of nitrogens with zero attached hydrogens (tertiary/aromatic N) is 2. The van der Waals surface area contributed by atoms with Crippen LogP contribution in [0.25, 0.3) is 22.9 Å². The molecule has 0 aliphatic heterocycles. The van der Waals surface area contributed by atoms with Gasteiger partial charge >= 0.3 is 5.97 Å². The van der Waals surface area contributed by atoms with Gasteiger partial charge < -0.3 is 9.15 Å². The zero-order chi connectivity index (χ0) is 20.9. The summed E-state index contributed by atoms with van der Waals surface area (Å²) in [6, 6.07) is 24.8. The summed E-state index contributed by atoms with van der Waals surface area (Å²) in [6.45, 7) is 1.56. The Morgan fingerprint density at radius 1 is 0.767 bits per heavy atom. The summed E-state index contributed by atoms with van der Waals surface area (Å²) in [7, 11) is 0. The molecule has 1 atom stereocenters. The summed E-state index contributed by atoms with van der Waals surface area (Å²) in [6.07, 6.45) is -0.906. The number of benzene rings is 3. The molecule has 0 aliphatic carbocycles. The van der Waals surface area contributed by atoms with Crippen LogP contribution in [-0.2, 0) is 4.74 Å². The minimum absolute atomic E-state index is 0.260. The van der Waals surface area contributed by atoms with Crippen molar-refractivity contribution < 1.29 is 18.7 Å². The Balaban J connectivity index is 1.50. The molecule has 148 valence electrons. The molecule has 1 aromatic heterocycles. The summed E-state index contributed by atoms with van der Waals surface area (Å²) < 4.78 is 11.1. The molecule has 1 unspecified atom stereocenters. The molecule has 6 heteroatoms. The lowest BCUT2D eigenvalue weighted by molar-refractivity contribution is 0.0319. The van der Waals surface area contributed by atoms with Crippen LogP contribution < -0.4 is 0 Å². The fourth-order valence-corrected chi connectivity index (χ4v) is 2.94. The van der Waals surface area contributed by atoms with Crippen molar-refractivity contribution in [3.8, 4) is 22.9 Å². The Bertz CT molecular complexity index is 1170. The topological polar surface area (TPSA) is 82.3 Å². The third kappa shape index (κ3) is 4.17. The lowest BCUT2D eigenvalue weighted by atomic mass is 10.1. The van der Waals surface area contributed by atoms with Crippen molar-refractivity contribution in [2.75, 3.05) is 0 Å². The van der Waals surface area contributed by atoms with Crippen LogP contribution in [0.1, 0.15) is 27.6 Å². The van der Waals surface area contributed by atoms with Gasteiger partial charge in [0, 0.05) is 16.7 Å². The summed E-state index contributed by atoms with van der Waals surface area (Å²) in [5.41, 5.74) is 2.17. The lowest BCUT2D eigenvalue weighted by Gasteiger charge is -2.12. The second kappa shape index (κ2) is 8.53. The molecule has 0 aliphatic rings. The van der Waals surface area contributed by atoms with E-state index in [2.05, 4.69) is 10.2 Å². The molecule has 30 heavy (non-hydrogen) atoms. The zero-order valence-corrected chi connectivity index (χ0v) is 16.2. The quantitative estimate of drug-likeness (QED) is 0.342. The lowest BCUT2D eigenvalue weighted by Crippen LogP contribution is -2.24. The molecule has 0 saturated heterocycles. The number of Topliss-reactive ketones (excluding diaryl/α,β-unsaturated/α-hetero) is 1. The molecule has 4 rings (SSSR count). The van der Waals surface area contributed by atoms with Gasteiger partial charge in [-0.15, -0.1) is 10.2 Å². The largest absolute Gasteiger partial charge is 0.451 e. The molecule has 0 bridgehead atoms. The van der Waals surface area contributed by atoms with Crippen LogP contribution in [0.3, 0.4) is 0 Å². The average molecular weight is 398 g/mol. The minimum atomic E-state index is -0.906. The fraction of sp³-hybridized carbons (Fsp3) is 0.0833. The van der Waals surface area contributed by atoms with E-state index >= 15 is 0 Å². The highest BCUT2D eigenvalue weighted by molar-refractivity contribution is 6.01. The maximum absolute atomic E-state index is 12.6. The van der Waals surface area contributed by atoms with Gasteiger partial charge in [-0.05, 0) is 37.3 Å². The highest BCUT2D eigenvalue weighted by Gasteiger charge is 2.21. The van der Waals surface area contributed by atoms with E-state index in [1.165, 1.54) is 0 Å². The van der Waals surface area contributed by atoms with E-state index in [0.717, 1.165) is 5.56 Å². The second-order valence-electron chi connectivity index (χ2n) is 6.64. The Labute approximate surface area is 173 Å². The Morgan fingerprint density at radius 2 is 1.33 bits per heavy atom. The van der Waals surface area contributed by atoms with Crippen LogP contribution in [-0.4, -0.2) is 28.1 Å². The van der Waals surface area contributed by atoms with Crippen molar-refractivity contribution in [2.45, 2.75) is 13.0 Å². The Hall–Kier alpha value is -4.06. The van der Waals surface area contributed by atoms with Gasteiger partial charge in [-0.3, -0.25) is 4.79 Å². The minimum Gasteiger partial charge on any atom is -0.451 e. The molecule has 6 nitrogen and oxygen atoms in total.